The minimum absolute atomic E-state index is 0. The van der Waals surface area contributed by atoms with Gasteiger partial charge in [-0.15, -0.1) is 24.8 Å². The highest BCUT2D eigenvalue weighted by Gasteiger charge is 2.50. The molecule has 4 rings (SSSR count). The van der Waals surface area contributed by atoms with Gasteiger partial charge in [0.05, 0.1) is 0 Å². The molecule has 2 fully saturated rings. The number of nitrogens with one attached hydrogen (secondary N) is 1. The van der Waals surface area contributed by atoms with Crippen LogP contribution in [-0.4, -0.2) is 12.1 Å². The minimum Gasteiger partial charge on any atom is -0.323 e. The van der Waals surface area contributed by atoms with Crippen LogP contribution in [0.15, 0.2) is 24.3 Å². The number of halogens is 2. The third-order valence-corrected chi connectivity index (χ3v) is 5.23. The lowest BCUT2D eigenvalue weighted by molar-refractivity contribution is 0.136. The molecule has 0 saturated carbocycles. The third kappa shape index (κ3) is 2.19. The Hall–Kier alpha value is -0.280. The van der Waals surface area contributed by atoms with Crippen molar-refractivity contribution in [3.8, 4) is 0 Å². The van der Waals surface area contributed by atoms with Crippen molar-refractivity contribution in [1.82, 2.24) is 5.32 Å². The van der Waals surface area contributed by atoms with Crippen LogP contribution < -0.4 is 11.1 Å². The van der Waals surface area contributed by atoms with E-state index in [-0.39, 0.29) is 30.9 Å². The van der Waals surface area contributed by atoms with Gasteiger partial charge < -0.3 is 11.1 Å². The molecule has 3 atom stereocenters. The second-order valence-corrected chi connectivity index (χ2v) is 6.26. The summed E-state index contributed by atoms with van der Waals surface area (Å²) in [5, 5.41) is 3.73. The van der Waals surface area contributed by atoms with E-state index in [1.165, 1.54) is 43.2 Å². The van der Waals surface area contributed by atoms with Gasteiger partial charge in [-0.05, 0) is 48.6 Å². The summed E-state index contributed by atoms with van der Waals surface area (Å²) in [5.41, 5.74) is 9.85. The number of piperidine rings is 1. The maximum absolute atomic E-state index is 6.58. The van der Waals surface area contributed by atoms with E-state index in [9.17, 15) is 0 Å². The molecule has 3 N–H and O–H groups in total. The number of hydrogen-bond acceptors (Lipinski definition) is 2. The van der Waals surface area contributed by atoms with Crippen molar-refractivity contribution >= 4 is 24.8 Å². The van der Waals surface area contributed by atoms with Crippen molar-refractivity contribution in [1.29, 1.82) is 0 Å². The van der Waals surface area contributed by atoms with Gasteiger partial charge in [-0.2, -0.15) is 0 Å². The van der Waals surface area contributed by atoms with E-state index in [0.717, 1.165) is 12.1 Å². The Bertz CT molecular complexity index is 451. The summed E-state index contributed by atoms with van der Waals surface area (Å²) in [6.07, 6.45) is 6.47. The summed E-state index contributed by atoms with van der Waals surface area (Å²) in [7, 11) is 0. The van der Waals surface area contributed by atoms with Crippen LogP contribution >= 0.6 is 24.8 Å². The molecule has 1 aromatic rings. The molecule has 2 bridgehead atoms. The summed E-state index contributed by atoms with van der Waals surface area (Å²) in [4.78, 5) is 0. The zero-order valence-electron chi connectivity index (χ0n) is 11.0. The van der Waals surface area contributed by atoms with E-state index in [4.69, 9.17) is 5.73 Å². The first-order valence-electron chi connectivity index (χ1n) is 6.86. The van der Waals surface area contributed by atoms with Gasteiger partial charge in [0.25, 0.3) is 0 Å². The zero-order chi connectivity index (χ0) is 11.5. The molecule has 2 aliphatic heterocycles. The highest BCUT2D eigenvalue weighted by Crippen LogP contribution is 2.54. The van der Waals surface area contributed by atoms with Crippen LogP contribution in [-0.2, 0) is 6.42 Å². The minimum atomic E-state index is 0. The van der Waals surface area contributed by atoms with Gasteiger partial charge in [-0.3, -0.25) is 0 Å². The van der Waals surface area contributed by atoms with Crippen molar-refractivity contribution in [3.05, 3.63) is 35.4 Å². The first-order valence-corrected chi connectivity index (χ1v) is 6.86. The van der Waals surface area contributed by atoms with Gasteiger partial charge in [0, 0.05) is 18.1 Å². The zero-order valence-corrected chi connectivity index (χ0v) is 12.6. The second kappa shape index (κ2) is 5.25. The lowest BCUT2D eigenvalue weighted by Crippen LogP contribution is -2.47. The normalized spacial score (nSPS) is 38.5. The maximum Gasteiger partial charge on any atom is 0.0359 e. The van der Waals surface area contributed by atoms with Crippen LogP contribution in [0.2, 0.25) is 0 Å². The van der Waals surface area contributed by atoms with E-state index in [1.807, 2.05) is 0 Å². The Morgan fingerprint density at radius 1 is 1.05 bits per heavy atom. The molecular formula is C15H22Cl2N2. The number of nitrogens with two attached hydrogens (primary N) is 1. The van der Waals surface area contributed by atoms with E-state index in [2.05, 4.69) is 29.6 Å². The van der Waals surface area contributed by atoms with E-state index in [1.54, 1.807) is 0 Å². The number of rotatable bonds is 0. The molecule has 1 aliphatic carbocycles. The fourth-order valence-corrected chi connectivity index (χ4v) is 4.51. The molecule has 0 radical (unpaired) electrons. The maximum atomic E-state index is 6.58. The van der Waals surface area contributed by atoms with Gasteiger partial charge >= 0.3 is 0 Å². The first kappa shape index (κ1) is 15.1. The highest BCUT2D eigenvalue weighted by atomic mass is 35.5. The average Bonchev–Trinajstić information content (AvgIpc) is 2.80. The molecule has 2 heterocycles. The number of benzene rings is 1. The van der Waals surface area contributed by atoms with Crippen molar-refractivity contribution in [2.24, 2.45) is 11.1 Å². The van der Waals surface area contributed by atoms with Gasteiger partial charge in [0.15, 0.2) is 0 Å². The van der Waals surface area contributed by atoms with E-state index >= 15 is 0 Å². The molecule has 0 amide bonds. The summed E-state index contributed by atoms with van der Waals surface area (Å²) < 4.78 is 0. The van der Waals surface area contributed by atoms with E-state index in [0.29, 0.717) is 5.41 Å². The average molecular weight is 301 g/mol. The molecule has 4 heteroatoms. The Morgan fingerprint density at radius 3 is 2.32 bits per heavy atom. The van der Waals surface area contributed by atoms with Gasteiger partial charge in [0.2, 0.25) is 0 Å². The fraction of sp³-hybridized carbons (Fsp3) is 0.600. The fourth-order valence-electron chi connectivity index (χ4n) is 4.51. The Labute approximate surface area is 127 Å². The summed E-state index contributed by atoms with van der Waals surface area (Å²) in [6, 6.07) is 10.5. The topological polar surface area (TPSA) is 38.0 Å². The van der Waals surface area contributed by atoms with Gasteiger partial charge in [-0.1, -0.05) is 24.3 Å². The van der Waals surface area contributed by atoms with Crippen molar-refractivity contribution < 1.29 is 0 Å². The Balaban J connectivity index is 0.000000667. The van der Waals surface area contributed by atoms with Gasteiger partial charge in [0.1, 0.15) is 0 Å². The van der Waals surface area contributed by atoms with Crippen LogP contribution in [0, 0.1) is 5.41 Å². The molecule has 1 aromatic carbocycles. The molecule has 2 saturated heterocycles. The third-order valence-electron chi connectivity index (χ3n) is 5.23. The highest BCUT2D eigenvalue weighted by molar-refractivity contribution is 5.85. The van der Waals surface area contributed by atoms with Crippen molar-refractivity contribution in [2.75, 3.05) is 0 Å². The predicted octanol–water partition coefficient (Wildman–Crippen LogP) is 2.99. The molecule has 19 heavy (non-hydrogen) atoms. The first-order chi connectivity index (χ1) is 8.27. The summed E-state index contributed by atoms with van der Waals surface area (Å²) >= 11 is 0. The predicted molar refractivity (Wildman–Crippen MR) is 83.2 cm³/mol. The summed E-state index contributed by atoms with van der Waals surface area (Å²) in [6.45, 7) is 0. The van der Waals surface area contributed by atoms with Crippen LogP contribution in [0.4, 0.5) is 0 Å². The lowest BCUT2D eigenvalue weighted by atomic mass is 9.71. The smallest absolute Gasteiger partial charge is 0.0359 e. The van der Waals surface area contributed by atoms with Crippen LogP contribution in [0.3, 0.4) is 0 Å². The SMILES string of the molecule is Cl.Cl.N[C@@H]1c2ccccc2CC12CC1CCC(C2)N1. The number of fused-ring (bicyclic) bond motifs is 3. The standard InChI is InChI=1S/C15H20N2.2ClH/c16-14-13-4-2-1-3-10(13)7-15(14)8-11-5-6-12(9-15)17-11;;/h1-4,11-12,14,17H,5-9,16H2;2*1H/t11?,12?,14-,15?;;/m1../s1. The molecule has 1 spiro atoms. The molecule has 106 valence electrons. The van der Waals surface area contributed by atoms with Crippen molar-refractivity contribution in [3.63, 3.8) is 0 Å². The van der Waals surface area contributed by atoms with Gasteiger partial charge in [-0.25, -0.2) is 0 Å². The monoisotopic (exact) mass is 300 g/mol. The van der Waals surface area contributed by atoms with Crippen LogP contribution in [0.25, 0.3) is 0 Å². The quantitative estimate of drug-likeness (QED) is 0.773. The number of hydrogen-bond donors (Lipinski definition) is 2. The Morgan fingerprint density at radius 2 is 1.68 bits per heavy atom. The largest absolute Gasteiger partial charge is 0.323 e. The van der Waals surface area contributed by atoms with E-state index < -0.39 is 0 Å². The van der Waals surface area contributed by atoms with Crippen LogP contribution in [0.5, 0.6) is 0 Å². The Kier molecular flexibility index (Phi) is 4.18. The summed E-state index contributed by atoms with van der Waals surface area (Å²) in [5.74, 6) is 0. The lowest BCUT2D eigenvalue weighted by Gasteiger charge is -2.41. The van der Waals surface area contributed by atoms with Crippen LogP contribution in [0.1, 0.15) is 42.9 Å². The molecule has 0 aromatic heterocycles. The van der Waals surface area contributed by atoms with Crippen molar-refractivity contribution in [2.45, 2.75) is 50.2 Å². The molecule has 2 nitrogen and oxygen atoms in total. The molecular weight excluding hydrogens is 279 g/mol. The molecule has 2 unspecified atom stereocenters. The molecule has 3 aliphatic rings. The second-order valence-electron chi connectivity index (χ2n) is 6.26.